The van der Waals surface area contributed by atoms with Crippen LogP contribution in [0.1, 0.15) is 31.9 Å². The van der Waals surface area contributed by atoms with Crippen LogP contribution in [0.15, 0.2) is 12.4 Å². The average molecular weight is 249 g/mol. The molecule has 0 aromatic carbocycles. The minimum Gasteiger partial charge on any atom is -0.465 e. The standard InChI is InChI=1S/C13H19N3O2/c1-4-7-14-12(13(17)18-6-3)11-9-15-16(10-11)8-5-2/h1,9-10,12,14H,5-8H2,2-3H3. The third-order valence-electron chi connectivity index (χ3n) is 2.37. The van der Waals surface area contributed by atoms with Crippen molar-refractivity contribution in [3.8, 4) is 12.3 Å². The van der Waals surface area contributed by atoms with Crippen molar-refractivity contribution >= 4 is 5.97 Å². The lowest BCUT2D eigenvalue weighted by atomic mass is 10.1. The van der Waals surface area contributed by atoms with Crippen LogP contribution in [-0.4, -0.2) is 28.9 Å². The first-order chi connectivity index (χ1) is 8.72. The molecule has 0 spiro atoms. The lowest BCUT2D eigenvalue weighted by molar-refractivity contribution is -0.145. The molecule has 1 aromatic rings. The highest BCUT2D eigenvalue weighted by molar-refractivity contribution is 5.77. The first kappa shape index (κ1) is 14.3. The Hall–Kier alpha value is -1.80. The number of nitrogens with zero attached hydrogens (tertiary/aromatic N) is 2. The zero-order valence-electron chi connectivity index (χ0n) is 10.8. The van der Waals surface area contributed by atoms with Crippen molar-refractivity contribution in [2.45, 2.75) is 32.9 Å². The van der Waals surface area contributed by atoms with Crippen LogP contribution in [0.2, 0.25) is 0 Å². The number of carbonyl (C=O) groups is 1. The van der Waals surface area contributed by atoms with Crippen LogP contribution < -0.4 is 5.32 Å². The van der Waals surface area contributed by atoms with Crippen molar-refractivity contribution in [2.75, 3.05) is 13.2 Å². The number of hydrogen-bond acceptors (Lipinski definition) is 4. The lowest BCUT2D eigenvalue weighted by Crippen LogP contribution is -2.30. The average Bonchev–Trinajstić information content (AvgIpc) is 2.79. The largest absolute Gasteiger partial charge is 0.465 e. The molecule has 0 saturated carbocycles. The Labute approximate surface area is 108 Å². The maximum absolute atomic E-state index is 11.8. The first-order valence-electron chi connectivity index (χ1n) is 6.08. The molecule has 0 aliphatic rings. The summed E-state index contributed by atoms with van der Waals surface area (Å²) in [5.74, 6) is 2.12. The summed E-state index contributed by atoms with van der Waals surface area (Å²) in [5.41, 5.74) is 0.775. The van der Waals surface area contributed by atoms with Crippen LogP contribution in [0.4, 0.5) is 0 Å². The van der Waals surface area contributed by atoms with Crippen LogP contribution in [0.25, 0.3) is 0 Å². The van der Waals surface area contributed by atoms with Crippen LogP contribution in [-0.2, 0) is 16.1 Å². The minimum absolute atomic E-state index is 0.308. The zero-order chi connectivity index (χ0) is 13.4. The predicted molar refractivity (Wildman–Crippen MR) is 68.7 cm³/mol. The zero-order valence-corrected chi connectivity index (χ0v) is 10.8. The highest BCUT2D eigenvalue weighted by atomic mass is 16.5. The van der Waals surface area contributed by atoms with Gasteiger partial charge >= 0.3 is 5.97 Å². The second-order valence-corrected chi connectivity index (χ2v) is 3.81. The molecule has 0 radical (unpaired) electrons. The molecule has 1 N–H and O–H groups in total. The Morgan fingerprint density at radius 1 is 1.67 bits per heavy atom. The highest BCUT2D eigenvalue weighted by Gasteiger charge is 2.22. The summed E-state index contributed by atoms with van der Waals surface area (Å²) in [6.45, 7) is 5.32. The molecule has 98 valence electrons. The fourth-order valence-electron chi connectivity index (χ4n) is 1.60. The molecule has 1 aromatic heterocycles. The molecular weight excluding hydrogens is 230 g/mol. The van der Waals surface area contributed by atoms with Gasteiger partial charge in [0.25, 0.3) is 0 Å². The van der Waals surface area contributed by atoms with Gasteiger partial charge in [-0.3, -0.25) is 10.00 Å². The molecule has 5 heteroatoms. The maximum Gasteiger partial charge on any atom is 0.327 e. The third kappa shape index (κ3) is 3.90. The van der Waals surface area contributed by atoms with Gasteiger partial charge in [0.2, 0.25) is 0 Å². The summed E-state index contributed by atoms with van der Waals surface area (Å²) < 4.78 is 6.82. The van der Waals surface area contributed by atoms with Crippen molar-refractivity contribution in [3.05, 3.63) is 18.0 Å². The van der Waals surface area contributed by atoms with Crippen LogP contribution in [0.3, 0.4) is 0 Å². The Morgan fingerprint density at radius 3 is 3.06 bits per heavy atom. The van der Waals surface area contributed by atoms with Crippen molar-refractivity contribution in [1.82, 2.24) is 15.1 Å². The molecule has 0 bridgehead atoms. The number of aromatic nitrogens is 2. The number of ether oxygens (including phenoxy) is 1. The molecule has 1 atom stereocenters. The molecule has 0 amide bonds. The van der Waals surface area contributed by atoms with Gasteiger partial charge in [0.05, 0.1) is 19.3 Å². The highest BCUT2D eigenvalue weighted by Crippen LogP contribution is 2.14. The molecule has 18 heavy (non-hydrogen) atoms. The molecule has 5 nitrogen and oxygen atoms in total. The molecule has 0 aliphatic heterocycles. The molecule has 0 aliphatic carbocycles. The number of carbonyl (C=O) groups excluding carboxylic acids is 1. The van der Waals surface area contributed by atoms with Crippen molar-refractivity contribution in [2.24, 2.45) is 0 Å². The van der Waals surface area contributed by atoms with Crippen LogP contribution in [0, 0.1) is 12.3 Å². The number of hydrogen-bond donors (Lipinski definition) is 1. The summed E-state index contributed by atoms with van der Waals surface area (Å²) in [6.07, 6.45) is 9.69. The first-order valence-corrected chi connectivity index (χ1v) is 6.08. The molecule has 1 rings (SSSR count). The SMILES string of the molecule is C#CCNC(C(=O)OCC)c1cnn(CCC)c1. The van der Waals surface area contributed by atoms with E-state index in [0.717, 1.165) is 18.5 Å². The van der Waals surface area contributed by atoms with Gasteiger partial charge in [-0.25, -0.2) is 4.79 Å². The minimum atomic E-state index is -0.549. The van der Waals surface area contributed by atoms with Gasteiger partial charge in [0.1, 0.15) is 6.04 Å². The van der Waals surface area contributed by atoms with E-state index < -0.39 is 6.04 Å². The number of rotatable bonds is 7. The second-order valence-electron chi connectivity index (χ2n) is 3.81. The van der Waals surface area contributed by atoms with E-state index in [2.05, 4.69) is 23.3 Å². The van der Waals surface area contributed by atoms with Gasteiger partial charge in [0, 0.05) is 18.3 Å². The van der Waals surface area contributed by atoms with Gasteiger partial charge in [-0.1, -0.05) is 12.8 Å². The van der Waals surface area contributed by atoms with E-state index in [1.807, 2.05) is 6.20 Å². The number of aryl methyl sites for hydroxylation is 1. The molecule has 0 saturated heterocycles. The Balaban J connectivity index is 2.80. The van der Waals surface area contributed by atoms with Crippen molar-refractivity contribution < 1.29 is 9.53 Å². The van der Waals surface area contributed by atoms with E-state index in [1.54, 1.807) is 17.8 Å². The molecule has 0 fully saturated rings. The van der Waals surface area contributed by atoms with Gasteiger partial charge in [-0.2, -0.15) is 5.10 Å². The van der Waals surface area contributed by atoms with Gasteiger partial charge in [-0.15, -0.1) is 6.42 Å². The van der Waals surface area contributed by atoms with Crippen molar-refractivity contribution in [1.29, 1.82) is 0 Å². The summed E-state index contributed by atoms with van der Waals surface area (Å²) in [7, 11) is 0. The summed E-state index contributed by atoms with van der Waals surface area (Å²) in [5, 5.41) is 7.16. The third-order valence-corrected chi connectivity index (χ3v) is 2.37. The smallest absolute Gasteiger partial charge is 0.327 e. The van der Waals surface area contributed by atoms with Gasteiger partial charge < -0.3 is 4.74 Å². The summed E-state index contributed by atoms with van der Waals surface area (Å²) in [4.78, 5) is 11.8. The summed E-state index contributed by atoms with van der Waals surface area (Å²) >= 11 is 0. The van der Waals surface area contributed by atoms with E-state index in [0.29, 0.717) is 13.2 Å². The quantitative estimate of drug-likeness (QED) is 0.581. The fraction of sp³-hybridized carbons (Fsp3) is 0.538. The monoisotopic (exact) mass is 249 g/mol. The molecule has 1 unspecified atom stereocenters. The van der Waals surface area contributed by atoms with E-state index in [1.165, 1.54) is 0 Å². The lowest BCUT2D eigenvalue weighted by Gasteiger charge is -2.14. The van der Waals surface area contributed by atoms with E-state index in [4.69, 9.17) is 11.2 Å². The Kier molecular flexibility index (Phi) is 5.95. The number of terminal acetylenes is 1. The number of nitrogens with one attached hydrogen (secondary N) is 1. The Bertz CT molecular complexity index is 420. The molecular formula is C13H19N3O2. The normalized spacial score (nSPS) is 11.8. The number of esters is 1. The second kappa shape index (κ2) is 7.51. The van der Waals surface area contributed by atoms with E-state index >= 15 is 0 Å². The van der Waals surface area contributed by atoms with E-state index in [-0.39, 0.29) is 5.97 Å². The van der Waals surface area contributed by atoms with Gasteiger partial charge in [-0.05, 0) is 13.3 Å². The topological polar surface area (TPSA) is 56.1 Å². The maximum atomic E-state index is 11.8. The predicted octanol–water partition coefficient (Wildman–Crippen LogP) is 1.12. The Morgan fingerprint density at radius 2 is 2.44 bits per heavy atom. The van der Waals surface area contributed by atoms with Crippen LogP contribution >= 0.6 is 0 Å². The summed E-state index contributed by atoms with van der Waals surface area (Å²) in [6, 6.07) is -0.549. The molecule has 1 heterocycles. The fourth-order valence-corrected chi connectivity index (χ4v) is 1.60. The van der Waals surface area contributed by atoms with Gasteiger partial charge in [0.15, 0.2) is 0 Å². The van der Waals surface area contributed by atoms with Crippen LogP contribution in [0.5, 0.6) is 0 Å². The van der Waals surface area contributed by atoms with Crippen molar-refractivity contribution in [3.63, 3.8) is 0 Å². The van der Waals surface area contributed by atoms with E-state index in [9.17, 15) is 4.79 Å².